The van der Waals surface area contributed by atoms with Crippen LogP contribution in [0.2, 0.25) is 0 Å². The predicted molar refractivity (Wildman–Crippen MR) is 281 cm³/mol. The van der Waals surface area contributed by atoms with Crippen molar-refractivity contribution in [2.24, 2.45) is 17.8 Å². The molecule has 0 spiro atoms. The first-order chi connectivity index (χ1) is 33.9. The number of H-pyrrole nitrogens is 1. The van der Waals surface area contributed by atoms with Crippen LogP contribution in [0, 0.1) is 17.8 Å². The Labute approximate surface area is 415 Å². The molecular weight excluding hydrogens is 873 g/mol. The van der Waals surface area contributed by atoms with E-state index < -0.39 is 0 Å². The van der Waals surface area contributed by atoms with Crippen LogP contribution in [0.15, 0.2) is 152 Å². The number of pyridine rings is 1. The van der Waals surface area contributed by atoms with Gasteiger partial charge in [-0.2, -0.15) is 0 Å². The first kappa shape index (κ1) is 54.4. The average molecular weight is 945 g/mol. The number of aromatic amines is 1. The number of ether oxygens (including phenoxy) is 3. The van der Waals surface area contributed by atoms with Gasteiger partial charge in [0.25, 0.3) is 0 Å². The predicted octanol–water partition coefficient (Wildman–Crippen LogP) is 12.2. The second kappa shape index (κ2) is 29.5. The molecule has 0 unspecified atom stereocenters. The van der Waals surface area contributed by atoms with E-state index in [9.17, 15) is 19.5 Å². The molecule has 9 heteroatoms. The fourth-order valence-corrected chi connectivity index (χ4v) is 7.62. The molecular formula is C61H72N2O7. The summed E-state index contributed by atoms with van der Waals surface area (Å²) in [5, 5.41) is 10.5. The van der Waals surface area contributed by atoms with Crippen LogP contribution in [0.25, 0.3) is 10.9 Å². The number of hydrogen-bond acceptors (Lipinski definition) is 8. The van der Waals surface area contributed by atoms with Crippen LogP contribution >= 0.6 is 0 Å². The SMILES string of the molecule is CCc1ccc(COCC(=O)[C@H](C)Cc2cc3ccccc3[nH]2)cc1.CCc1ccc(COCC(=O)[C@H](C)Cc2ccc(O)cc2)cc1.CCc1ccc(COCC(=O)[C@H](C)Cc2cccnc2)cc1. The van der Waals surface area contributed by atoms with Crippen LogP contribution in [-0.2, 0) is 86.9 Å². The summed E-state index contributed by atoms with van der Waals surface area (Å²) in [6.07, 6.45) is 8.71. The number of fused-ring (bicyclic) bond motifs is 1. The Morgan fingerprint density at radius 3 is 1.30 bits per heavy atom. The van der Waals surface area contributed by atoms with E-state index in [0.717, 1.165) is 58.3 Å². The number of aryl methyl sites for hydroxylation is 3. The highest BCUT2D eigenvalue weighted by atomic mass is 16.5. The van der Waals surface area contributed by atoms with Crippen LogP contribution in [0.4, 0.5) is 0 Å². The van der Waals surface area contributed by atoms with Gasteiger partial charge in [-0.15, -0.1) is 0 Å². The van der Waals surface area contributed by atoms with E-state index in [1.54, 1.807) is 24.5 Å². The third-order valence-corrected chi connectivity index (χ3v) is 12.3. The average Bonchev–Trinajstić information content (AvgIpc) is 3.80. The van der Waals surface area contributed by atoms with Gasteiger partial charge < -0.3 is 24.3 Å². The molecule has 0 saturated heterocycles. The second-order valence-electron chi connectivity index (χ2n) is 18.1. The zero-order chi connectivity index (χ0) is 50.1. The standard InChI is InChI=1S/C22H25NO2.C20H24O3.C19H23NO2/c1-3-17-8-10-18(11-9-17)14-25-15-22(24)16(2)12-20-13-19-6-4-5-7-21(19)23-20;1-3-16-4-6-18(7-5-16)13-23-14-20(22)15(2)12-17-8-10-19(21)11-9-17;1-3-16-6-8-17(9-7-16)13-22-14-19(21)15(2)11-18-5-4-10-20-12-18/h4-11,13,16,23H,3,12,14-15H2,1-2H3;4-11,15,21H,3,12-14H2,1-2H3;4-10,12,15H,3,11,13-14H2,1-2H3/t16-;2*15-/m111/s1. The number of Topliss-reactive ketones (excluding diaryl/α,β-unsaturated/α-hetero) is 3. The van der Waals surface area contributed by atoms with Gasteiger partial charge in [0, 0.05) is 41.4 Å². The highest BCUT2D eigenvalue weighted by molar-refractivity contribution is 5.84. The molecule has 2 aromatic heterocycles. The van der Waals surface area contributed by atoms with Crippen LogP contribution in [0.1, 0.15) is 91.7 Å². The van der Waals surface area contributed by atoms with Gasteiger partial charge in [-0.3, -0.25) is 19.4 Å². The Kier molecular flexibility index (Phi) is 22.9. The summed E-state index contributed by atoms with van der Waals surface area (Å²) in [5.41, 5.74) is 11.5. The van der Waals surface area contributed by atoms with Crippen molar-refractivity contribution in [3.05, 3.63) is 202 Å². The maximum atomic E-state index is 12.3. The third kappa shape index (κ3) is 19.1. The number of aromatic nitrogens is 2. The van der Waals surface area contributed by atoms with Crippen LogP contribution < -0.4 is 0 Å². The molecule has 2 heterocycles. The molecule has 2 N–H and O–H groups in total. The number of phenols is 1. The van der Waals surface area contributed by atoms with Gasteiger partial charge in [0.05, 0.1) is 19.8 Å². The van der Waals surface area contributed by atoms with E-state index in [1.807, 2.05) is 69.3 Å². The topological polar surface area (TPSA) is 128 Å². The Hall–Kier alpha value is -6.52. The van der Waals surface area contributed by atoms with E-state index in [0.29, 0.717) is 39.1 Å². The lowest BCUT2D eigenvalue weighted by Gasteiger charge is -2.11. The Balaban J connectivity index is 0.000000196. The number of para-hydroxylation sites is 1. The maximum Gasteiger partial charge on any atom is 0.161 e. The van der Waals surface area contributed by atoms with Gasteiger partial charge in [0.15, 0.2) is 17.3 Å². The molecule has 368 valence electrons. The molecule has 7 rings (SSSR count). The molecule has 0 saturated carbocycles. The van der Waals surface area contributed by atoms with Crippen LogP contribution in [-0.4, -0.2) is 52.2 Å². The minimum atomic E-state index is -0.0954. The number of hydrogen-bond donors (Lipinski definition) is 2. The lowest BCUT2D eigenvalue weighted by atomic mass is 9.97. The maximum absolute atomic E-state index is 12.3. The Morgan fingerprint density at radius 2 is 0.886 bits per heavy atom. The summed E-state index contributed by atoms with van der Waals surface area (Å²) in [6.45, 7) is 14.1. The molecule has 70 heavy (non-hydrogen) atoms. The molecule has 9 nitrogen and oxygen atoms in total. The molecule has 7 aromatic rings. The highest BCUT2D eigenvalue weighted by Gasteiger charge is 2.17. The monoisotopic (exact) mass is 945 g/mol. The molecule has 0 aliphatic heterocycles. The fourth-order valence-electron chi connectivity index (χ4n) is 7.62. The number of phenolic OH excluding ortho intramolecular Hbond substituents is 1. The van der Waals surface area contributed by atoms with Crippen molar-refractivity contribution < 1.29 is 33.7 Å². The van der Waals surface area contributed by atoms with Crippen molar-refractivity contribution in [3.63, 3.8) is 0 Å². The molecule has 5 aromatic carbocycles. The van der Waals surface area contributed by atoms with Crippen molar-refractivity contribution in [3.8, 4) is 5.75 Å². The summed E-state index contributed by atoms with van der Waals surface area (Å²) in [5.74, 6) is 0.412. The van der Waals surface area contributed by atoms with Crippen molar-refractivity contribution in [2.75, 3.05) is 19.8 Å². The van der Waals surface area contributed by atoms with Crippen LogP contribution in [0.3, 0.4) is 0 Å². The number of carbonyl (C=O) groups is 3. The number of benzene rings is 5. The summed E-state index contributed by atoms with van der Waals surface area (Å²) in [4.78, 5) is 44.0. The summed E-state index contributed by atoms with van der Waals surface area (Å²) < 4.78 is 16.7. The van der Waals surface area contributed by atoms with E-state index in [-0.39, 0.29) is 60.7 Å². The highest BCUT2D eigenvalue weighted by Crippen LogP contribution is 2.19. The zero-order valence-electron chi connectivity index (χ0n) is 42.0. The van der Waals surface area contributed by atoms with Gasteiger partial charge in [-0.25, -0.2) is 0 Å². The van der Waals surface area contributed by atoms with Gasteiger partial charge in [-0.05, 0) is 119 Å². The van der Waals surface area contributed by atoms with E-state index >= 15 is 0 Å². The number of ketones is 3. The van der Waals surface area contributed by atoms with Crippen LogP contribution in [0.5, 0.6) is 5.75 Å². The number of rotatable bonds is 24. The van der Waals surface area contributed by atoms with Gasteiger partial charge >= 0.3 is 0 Å². The lowest BCUT2D eigenvalue weighted by Crippen LogP contribution is -2.19. The van der Waals surface area contributed by atoms with E-state index in [4.69, 9.17) is 14.2 Å². The number of nitrogens with one attached hydrogen (secondary N) is 1. The molecule has 0 aliphatic carbocycles. The molecule has 3 atom stereocenters. The molecule has 0 amide bonds. The first-order valence-electron chi connectivity index (χ1n) is 24.7. The van der Waals surface area contributed by atoms with E-state index in [2.05, 4.69) is 110 Å². The number of nitrogens with zero attached hydrogens (tertiary/aromatic N) is 1. The third-order valence-electron chi connectivity index (χ3n) is 12.3. The normalized spacial score (nSPS) is 12.2. The summed E-state index contributed by atoms with van der Waals surface area (Å²) in [6, 6.07) is 46.1. The zero-order valence-corrected chi connectivity index (χ0v) is 42.0. The molecule has 0 aliphatic rings. The fraction of sp³-hybridized carbons (Fsp3) is 0.344. The van der Waals surface area contributed by atoms with Gasteiger partial charge in [0.2, 0.25) is 0 Å². The number of aromatic hydroxyl groups is 1. The second-order valence-corrected chi connectivity index (χ2v) is 18.1. The van der Waals surface area contributed by atoms with Gasteiger partial charge in [-0.1, -0.05) is 151 Å². The molecule has 0 bridgehead atoms. The quantitative estimate of drug-likeness (QED) is 0.0613. The van der Waals surface area contributed by atoms with Crippen molar-refractivity contribution >= 4 is 28.3 Å². The minimum absolute atomic E-state index is 0.0494. The summed E-state index contributed by atoms with van der Waals surface area (Å²) >= 11 is 0. The lowest BCUT2D eigenvalue weighted by molar-refractivity contribution is -0.128. The van der Waals surface area contributed by atoms with E-state index in [1.165, 1.54) is 22.1 Å². The largest absolute Gasteiger partial charge is 0.508 e. The summed E-state index contributed by atoms with van der Waals surface area (Å²) in [7, 11) is 0. The molecule has 0 radical (unpaired) electrons. The number of carbonyl (C=O) groups excluding carboxylic acids is 3. The van der Waals surface area contributed by atoms with Gasteiger partial charge in [0.1, 0.15) is 25.6 Å². The first-order valence-corrected chi connectivity index (χ1v) is 24.7. The van der Waals surface area contributed by atoms with Crippen molar-refractivity contribution in [2.45, 2.75) is 99.9 Å². The minimum Gasteiger partial charge on any atom is -0.508 e. The van der Waals surface area contributed by atoms with Crippen molar-refractivity contribution in [1.29, 1.82) is 0 Å². The smallest absolute Gasteiger partial charge is 0.161 e. The Bertz CT molecular complexity index is 2570. The Morgan fingerprint density at radius 1 is 0.486 bits per heavy atom. The van der Waals surface area contributed by atoms with Crippen molar-refractivity contribution in [1.82, 2.24) is 9.97 Å². The molecule has 0 fully saturated rings.